The molecule has 0 bridgehead atoms. The van der Waals surface area contributed by atoms with Crippen molar-refractivity contribution >= 4 is 21.6 Å². The van der Waals surface area contributed by atoms with Gasteiger partial charge in [-0.3, -0.25) is 9.69 Å². The summed E-state index contributed by atoms with van der Waals surface area (Å²) in [4.78, 5) is 15.3. The number of benzene rings is 2. The van der Waals surface area contributed by atoms with E-state index in [1.807, 2.05) is 32.0 Å². The highest BCUT2D eigenvalue weighted by molar-refractivity contribution is 7.89. The zero-order chi connectivity index (χ0) is 22.0. The van der Waals surface area contributed by atoms with E-state index in [1.54, 1.807) is 16.4 Å². The van der Waals surface area contributed by atoms with Crippen molar-refractivity contribution in [1.82, 2.24) is 9.21 Å². The number of hydrogen-bond donors (Lipinski definition) is 1. The van der Waals surface area contributed by atoms with Crippen molar-refractivity contribution in [3.8, 4) is 0 Å². The Morgan fingerprint density at radius 1 is 0.935 bits per heavy atom. The van der Waals surface area contributed by atoms with Crippen molar-refractivity contribution in [2.75, 3.05) is 31.5 Å². The molecular weight excluding hydrogens is 410 g/mol. The topological polar surface area (TPSA) is 69.7 Å². The highest BCUT2D eigenvalue weighted by Gasteiger charge is 2.30. The summed E-state index contributed by atoms with van der Waals surface area (Å²) < 4.78 is 27.6. The summed E-state index contributed by atoms with van der Waals surface area (Å²) in [6, 6.07) is 12.8. The zero-order valence-electron chi connectivity index (χ0n) is 18.3. The average molecular weight is 442 g/mol. The molecule has 2 aliphatic rings. The number of hydrogen-bond acceptors (Lipinski definition) is 4. The Balaban J connectivity index is 1.38. The highest BCUT2D eigenvalue weighted by Crippen LogP contribution is 2.25. The van der Waals surface area contributed by atoms with Crippen LogP contribution in [0.3, 0.4) is 0 Å². The molecule has 1 aliphatic carbocycles. The van der Waals surface area contributed by atoms with Gasteiger partial charge < -0.3 is 5.32 Å². The van der Waals surface area contributed by atoms with Gasteiger partial charge in [-0.2, -0.15) is 4.31 Å². The smallest absolute Gasteiger partial charge is 0.243 e. The summed E-state index contributed by atoms with van der Waals surface area (Å²) in [5.41, 5.74) is 4.59. The Hall–Kier alpha value is -2.22. The van der Waals surface area contributed by atoms with E-state index in [1.165, 1.54) is 17.5 Å². The van der Waals surface area contributed by atoms with E-state index < -0.39 is 10.0 Å². The molecule has 1 fully saturated rings. The van der Waals surface area contributed by atoms with Gasteiger partial charge in [0.05, 0.1) is 10.9 Å². The van der Waals surface area contributed by atoms with Gasteiger partial charge in [-0.1, -0.05) is 23.8 Å². The van der Waals surface area contributed by atoms with Crippen LogP contribution in [-0.2, 0) is 27.7 Å². The van der Waals surface area contributed by atoms with Crippen molar-refractivity contribution in [2.45, 2.75) is 50.5 Å². The van der Waals surface area contributed by atoms with Gasteiger partial charge >= 0.3 is 0 Å². The predicted octanol–water partition coefficient (Wildman–Crippen LogP) is 3.21. The van der Waals surface area contributed by atoms with Gasteiger partial charge in [0.2, 0.25) is 15.9 Å². The van der Waals surface area contributed by atoms with E-state index in [0.717, 1.165) is 24.1 Å². The third-order valence-corrected chi connectivity index (χ3v) is 8.35. The molecule has 4 rings (SSSR count). The Bertz CT molecular complexity index is 1050. The second-order valence-corrected chi connectivity index (χ2v) is 10.5. The minimum absolute atomic E-state index is 0.0483. The molecule has 0 saturated carbocycles. The first kappa shape index (κ1) is 22.0. The number of nitrogens with one attached hydrogen (secondary N) is 1. The lowest BCUT2D eigenvalue weighted by molar-refractivity contribution is -0.120. The minimum atomic E-state index is -3.52. The van der Waals surface area contributed by atoms with Crippen LogP contribution in [-0.4, -0.2) is 55.8 Å². The van der Waals surface area contributed by atoms with Crippen LogP contribution in [0.1, 0.15) is 36.5 Å². The average Bonchev–Trinajstić information content (AvgIpc) is 3.07. The molecular formula is C24H31N3O3S. The number of aryl methyl sites for hydroxylation is 3. The molecule has 1 atom stereocenters. The molecule has 7 heteroatoms. The third kappa shape index (κ3) is 4.84. The SMILES string of the molecule is Cc1ccc(S(=O)(=O)N2CCCN([C@H](C)C(=O)Nc3ccc4c(c3)CCC4)CC2)cc1. The number of amides is 1. The lowest BCUT2D eigenvalue weighted by Gasteiger charge is -2.27. The number of carbonyl (C=O) groups is 1. The first-order valence-corrected chi connectivity index (χ1v) is 12.5. The Kier molecular flexibility index (Phi) is 6.46. The molecule has 1 heterocycles. The van der Waals surface area contributed by atoms with Gasteiger partial charge in [0.25, 0.3) is 0 Å². The fourth-order valence-corrected chi connectivity index (χ4v) is 5.93. The monoisotopic (exact) mass is 441 g/mol. The lowest BCUT2D eigenvalue weighted by atomic mass is 10.1. The van der Waals surface area contributed by atoms with Crippen molar-refractivity contribution in [3.63, 3.8) is 0 Å². The molecule has 0 spiro atoms. The van der Waals surface area contributed by atoms with Crippen LogP contribution in [0.25, 0.3) is 0 Å². The summed E-state index contributed by atoms with van der Waals surface area (Å²) >= 11 is 0. The Labute approximate surface area is 185 Å². The highest BCUT2D eigenvalue weighted by atomic mass is 32.2. The molecule has 0 unspecified atom stereocenters. The first-order chi connectivity index (χ1) is 14.8. The maximum Gasteiger partial charge on any atom is 0.243 e. The van der Waals surface area contributed by atoms with E-state index >= 15 is 0 Å². The van der Waals surface area contributed by atoms with Crippen LogP contribution in [0.2, 0.25) is 0 Å². The molecule has 1 N–H and O–H groups in total. The van der Waals surface area contributed by atoms with Crippen LogP contribution >= 0.6 is 0 Å². The molecule has 2 aromatic carbocycles. The number of rotatable bonds is 5. The number of fused-ring (bicyclic) bond motifs is 1. The predicted molar refractivity (Wildman–Crippen MR) is 123 cm³/mol. The van der Waals surface area contributed by atoms with Crippen LogP contribution in [0.15, 0.2) is 47.4 Å². The van der Waals surface area contributed by atoms with E-state index in [0.29, 0.717) is 37.5 Å². The maximum atomic E-state index is 13.0. The number of sulfonamides is 1. The third-order valence-electron chi connectivity index (χ3n) is 6.44. The van der Waals surface area contributed by atoms with Crippen molar-refractivity contribution < 1.29 is 13.2 Å². The standard InChI is InChI=1S/C24H31N3O3S/c1-18-7-11-23(12-8-18)31(29,30)27-14-4-13-26(15-16-27)19(2)24(28)25-22-10-9-20-5-3-6-21(20)17-22/h7-12,17,19H,3-6,13-16H2,1-2H3,(H,25,28)/t19-/m1/s1. The van der Waals surface area contributed by atoms with Crippen LogP contribution in [0, 0.1) is 6.92 Å². The van der Waals surface area contributed by atoms with Crippen molar-refractivity contribution in [1.29, 1.82) is 0 Å². The number of anilines is 1. The lowest BCUT2D eigenvalue weighted by Crippen LogP contribution is -2.44. The van der Waals surface area contributed by atoms with Gasteiger partial charge in [0.1, 0.15) is 0 Å². The van der Waals surface area contributed by atoms with E-state index in [-0.39, 0.29) is 11.9 Å². The molecule has 1 saturated heterocycles. The fourth-order valence-electron chi connectivity index (χ4n) is 4.46. The second kappa shape index (κ2) is 9.10. The molecule has 6 nitrogen and oxygen atoms in total. The number of nitrogens with zero attached hydrogens (tertiary/aromatic N) is 2. The normalized spacial score (nSPS) is 18.9. The van der Waals surface area contributed by atoms with Gasteiger partial charge in [-0.05, 0) is 74.9 Å². The number of carbonyl (C=O) groups excluding carboxylic acids is 1. The van der Waals surface area contributed by atoms with E-state index in [2.05, 4.69) is 22.3 Å². The fraction of sp³-hybridized carbons (Fsp3) is 0.458. The van der Waals surface area contributed by atoms with Crippen molar-refractivity contribution in [2.24, 2.45) is 0 Å². The molecule has 1 amide bonds. The second-order valence-electron chi connectivity index (χ2n) is 8.61. The van der Waals surface area contributed by atoms with Gasteiger partial charge in [0, 0.05) is 31.9 Å². The Morgan fingerprint density at radius 3 is 2.45 bits per heavy atom. The Morgan fingerprint density at radius 2 is 1.68 bits per heavy atom. The quantitative estimate of drug-likeness (QED) is 0.774. The summed E-state index contributed by atoms with van der Waals surface area (Å²) in [7, 11) is -3.52. The van der Waals surface area contributed by atoms with Crippen LogP contribution in [0.4, 0.5) is 5.69 Å². The van der Waals surface area contributed by atoms with Crippen LogP contribution < -0.4 is 5.32 Å². The summed E-state index contributed by atoms with van der Waals surface area (Å²) in [6.45, 7) is 5.91. The summed E-state index contributed by atoms with van der Waals surface area (Å²) in [5, 5.41) is 3.05. The molecule has 1 aliphatic heterocycles. The maximum absolute atomic E-state index is 13.0. The molecule has 2 aromatic rings. The minimum Gasteiger partial charge on any atom is -0.325 e. The molecule has 166 valence electrons. The summed E-state index contributed by atoms with van der Waals surface area (Å²) in [6.07, 6.45) is 4.07. The molecule has 0 radical (unpaired) electrons. The molecule has 0 aromatic heterocycles. The van der Waals surface area contributed by atoms with Crippen LogP contribution in [0.5, 0.6) is 0 Å². The van der Waals surface area contributed by atoms with Gasteiger partial charge in [0.15, 0.2) is 0 Å². The van der Waals surface area contributed by atoms with Crippen molar-refractivity contribution in [3.05, 3.63) is 59.2 Å². The van der Waals surface area contributed by atoms with E-state index in [4.69, 9.17) is 0 Å². The van der Waals surface area contributed by atoms with E-state index in [9.17, 15) is 13.2 Å². The largest absolute Gasteiger partial charge is 0.325 e. The molecule has 31 heavy (non-hydrogen) atoms. The first-order valence-electron chi connectivity index (χ1n) is 11.1. The zero-order valence-corrected chi connectivity index (χ0v) is 19.1. The summed E-state index contributed by atoms with van der Waals surface area (Å²) in [5.74, 6) is -0.0483. The van der Waals surface area contributed by atoms with Gasteiger partial charge in [-0.15, -0.1) is 0 Å². The van der Waals surface area contributed by atoms with Gasteiger partial charge in [-0.25, -0.2) is 8.42 Å².